The van der Waals surface area contributed by atoms with Gasteiger partial charge in [-0.2, -0.15) is 0 Å². The van der Waals surface area contributed by atoms with Crippen molar-refractivity contribution >= 4 is 46.0 Å². The van der Waals surface area contributed by atoms with Crippen molar-refractivity contribution in [2.75, 3.05) is 0 Å². The van der Waals surface area contributed by atoms with Crippen molar-refractivity contribution in [2.45, 2.75) is 13.0 Å². The molecule has 0 saturated heterocycles. The fraction of sp³-hybridized carbons (Fsp3) is 0.0741. The highest BCUT2D eigenvalue weighted by Gasteiger charge is 2.23. The fourth-order valence-corrected chi connectivity index (χ4v) is 4.22. The average molecular weight is 423 g/mol. The van der Waals surface area contributed by atoms with Gasteiger partial charge in [-0.1, -0.05) is 84.9 Å². The van der Waals surface area contributed by atoms with E-state index in [1.54, 1.807) is 12.3 Å². The van der Waals surface area contributed by atoms with E-state index in [-0.39, 0.29) is 11.8 Å². The van der Waals surface area contributed by atoms with Gasteiger partial charge in [-0.15, -0.1) is 0 Å². The SMILES string of the molecule is C[C@H](N=Cc1ccc2ccc3ccc4ccccc4c3c2c1OB(F)F)c1ccccc1. The van der Waals surface area contributed by atoms with Crippen LogP contribution in [-0.2, 0) is 0 Å². The van der Waals surface area contributed by atoms with Gasteiger partial charge in [0, 0.05) is 22.6 Å². The number of benzene rings is 5. The molecule has 0 unspecified atom stereocenters. The summed E-state index contributed by atoms with van der Waals surface area (Å²) in [6.45, 7) is 1.98. The Bertz CT molecular complexity index is 1450. The van der Waals surface area contributed by atoms with Crippen molar-refractivity contribution in [1.82, 2.24) is 0 Å². The fourth-order valence-electron chi connectivity index (χ4n) is 4.22. The number of hydrogen-bond donors (Lipinski definition) is 0. The molecule has 5 aromatic rings. The van der Waals surface area contributed by atoms with E-state index < -0.39 is 7.47 Å². The highest BCUT2D eigenvalue weighted by atomic mass is 19.2. The second-order valence-electron chi connectivity index (χ2n) is 7.78. The molecule has 5 aromatic carbocycles. The molecule has 0 radical (unpaired) electrons. The van der Waals surface area contributed by atoms with Crippen LogP contribution >= 0.6 is 0 Å². The van der Waals surface area contributed by atoms with Crippen LogP contribution in [0.15, 0.2) is 96.0 Å². The lowest BCUT2D eigenvalue weighted by Crippen LogP contribution is -2.10. The molecule has 0 aliphatic carbocycles. The first-order chi connectivity index (χ1) is 15.6. The van der Waals surface area contributed by atoms with E-state index >= 15 is 0 Å². The first kappa shape index (κ1) is 20.2. The molecule has 5 heteroatoms. The zero-order valence-electron chi connectivity index (χ0n) is 17.5. The second kappa shape index (κ2) is 8.43. The Morgan fingerprint density at radius 2 is 1.38 bits per heavy atom. The van der Waals surface area contributed by atoms with Gasteiger partial charge in [0.05, 0.1) is 6.04 Å². The maximum absolute atomic E-state index is 13.5. The lowest BCUT2D eigenvalue weighted by Gasteiger charge is -2.15. The van der Waals surface area contributed by atoms with Crippen molar-refractivity contribution < 1.29 is 13.3 Å². The lowest BCUT2D eigenvalue weighted by molar-refractivity contribution is 0.429. The van der Waals surface area contributed by atoms with Gasteiger partial charge in [0.25, 0.3) is 0 Å². The number of halogens is 2. The molecule has 0 heterocycles. The summed E-state index contributed by atoms with van der Waals surface area (Å²) >= 11 is 0. The van der Waals surface area contributed by atoms with E-state index in [9.17, 15) is 8.63 Å². The van der Waals surface area contributed by atoms with Crippen LogP contribution in [-0.4, -0.2) is 13.7 Å². The Morgan fingerprint density at radius 3 is 2.12 bits per heavy atom. The third-order valence-corrected chi connectivity index (χ3v) is 5.80. The van der Waals surface area contributed by atoms with Crippen molar-refractivity contribution in [3.8, 4) is 5.75 Å². The molecule has 2 nitrogen and oxygen atoms in total. The largest absolute Gasteiger partial charge is 0.796 e. The molecule has 156 valence electrons. The van der Waals surface area contributed by atoms with Gasteiger partial charge >= 0.3 is 7.47 Å². The minimum absolute atomic E-state index is 0.111. The first-order valence-electron chi connectivity index (χ1n) is 10.5. The number of hydrogen-bond acceptors (Lipinski definition) is 2. The normalized spacial score (nSPS) is 12.6. The number of fused-ring (bicyclic) bond motifs is 5. The predicted molar refractivity (Wildman–Crippen MR) is 130 cm³/mol. The molecule has 0 spiro atoms. The van der Waals surface area contributed by atoms with Crippen molar-refractivity contribution in [1.29, 1.82) is 0 Å². The maximum atomic E-state index is 13.5. The minimum Gasteiger partial charge on any atom is -0.504 e. The van der Waals surface area contributed by atoms with E-state index in [0.29, 0.717) is 10.9 Å². The average Bonchev–Trinajstić information content (AvgIpc) is 2.83. The lowest BCUT2D eigenvalue weighted by atomic mass is 9.94. The zero-order valence-corrected chi connectivity index (χ0v) is 17.5. The standard InChI is InChI=1S/C27H20BF2NO/c1-18(19-7-3-2-4-8-19)31-17-23-16-15-22-14-13-21-12-11-20-9-5-6-10-24(20)25(21)26(22)27(23)32-28(29)30/h2-18H,1H3/t18-/m0/s1. The monoisotopic (exact) mass is 423 g/mol. The molecule has 0 aromatic heterocycles. The third-order valence-electron chi connectivity index (χ3n) is 5.80. The number of rotatable bonds is 5. The molecule has 0 N–H and O–H groups in total. The summed E-state index contributed by atoms with van der Waals surface area (Å²) in [6, 6.07) is 29.5. The predicted octanol–water partition coefficient (Wildman–Crippen LogP) is 7.63. The first-order valence-corrected chi connectivity index (χ1v) is 10.5. The van der Waals surface area contributed by atoms with E-state index in [4.69, 9.17) is 4.65 Å². The molecular weight excluding hydrogens is 403 g/mol. The van der Waals surface area contributed by atoms with E-state index in [1.165, 1.54) is 0 Å². The molecule has 5 rings (SSSR count). The zero-order chi connectivity index (χ0) is 22.1. The highest BCUT2D eigenvalue weighted by molar-refractivity contribution is 6.36. The third kappa shape index (κ3) is 3.71. The van der Waals surface area contributed by atoms with E-state index in [2.05, 4.69) is 4.99 Å². The molecular formula is C27H20BF2NO. The van der Waals surface area contributed by atoms with Crippen molar-refractivity contribution in [3.63, 3.8) is 0 Å². The van der Waals surface area contributed by atoms with Gasteiger partial charge in [0.15, 0.2) is 0 Å². The molecule has 0 bridgehead atoms. The van der Waals surface area contributed by atoms with Crippen LogP contribution in [0.3, 0.4) is 0 Å². The summed E-state index contributed by atoms with van der Waals surface area (Å²) in [5.74, 6) is 0.156. The van der Waals surface area contributed by atoms with Crippen LogP contribution in [0.4, 0.5) is 8.63 Å². The summed E-state index contributed by atoms with van der Waals surface area (Å²) in [4.78, 5) is 4.63. The Morgan fingerprint density at radius 1 is 0.750 bits per heavy atom. The summed E-state index contributed by atoms with van der Waals surface area (Å²) in [5.41, 5.74) is 1.58. The molecule has 1 atom stereocenters. The molecule has 0 aliphatic rings. The van der Waals surface area contributed by atoms with Gasteiger partial charge < -0.3 is 4.65 Å². The highest BCUT2D eigenvalue weighted by Crippen LogP contribution is 2.39. The summed E-state index contributed by atoms with van der Waals surface area (Å²) in [5, 5.41) is 5.45. The molecule has 32 heavy (non-hydrogen) atoms. The second-order valence-corrected chi connectivity index (χ2v) is 7.78. The minimum atomic E-state index is -2.94. The van der Waals surface area contributed by atoms with Crippen molar-refractivity contribution in [3.05, 3.63) is 102 Å². The quantitative estimate of drug-likeness (QED) is 0.162. The van der Waals surface area contributed by atoms with E-state index in [1.807, 2.05) is 91.9 Å². The Balaban J connectivity index is 1.76. The molecule has 0 amide bonds. The van der Waals surface area contributed by atoms with Crippen LogP contribution in [0.1, 0.15) is 24.1 Å². The Hall–Kier alpha value is -3.73. The Kier molecular flexibility index (Phi) is 5.32. The van der Waals surface area contributed by atoms with Crippen LogP contribution in [0, 0.1) is 0 Å². The topological polar surface area (TPSA) is 21.6 Å². The van der Waals surface area contributed by atoms with E-state index in [0.717, 1.165) is 32.5 Å². The molecule has 0 fully saturated rings. The van der Waals surface area contributed by atoms with Crippen LogP contribution in [0.25, 0.3) is 32.3 Å². The van der Waals surface area contributed by atoms with Gasteiger partial charge in [-0.05, 0) is 40.1 Å². The smallest absolute Gasteiger partial charge is 0.504 e. The number of aliphatic imine (C=N–C) groups is 1. The molecule has 0 aliphatic heterocycles. The van der Waals surface area contributed by atoms with Gasteiger partial charge in [-0.25, -0.2) is 8.63 Å². The summed E-state index contributed by atoms with van der Waals surface area (Å²) in [7, 11) is -2.94. The van der Waals surface area contributed by atoms with Gasteiger partial charge in [0.2, 0.25) is 0 Å². The molecule has 0 saturated carbocycles. The van der Waals surface area contributed by atoms with Gasteiger partial charge in [-0.3, -0.25) is 4.99 Å². The maximum Gasteiger partial charge on any atom is 0.796 e. The van der Waals surface area contributed by atoms with Crippen molar-refractivity contribution in [2.24, 2.45) is 4.99 Å². The number of nitrogens with zero attached hydrogens (tertiary/aromatic N) is 1. The van der Waals surface area contributed by atoms with Crippen LogP contribution in [0.5, 0.6) is 5.75 Å². The van der Waals surface area contributed by atoms with Crippen LogP contribution in [0.2, 0.25) is 0 Å². The summed E-state index contributed by atoms with van der Waals surface area (Å²) in [6.07, 6.45) is 1.64. The van der Waals surface area contributed by atoms with Gasteiger partial charge in [0.1, 0.15) is 5.75 Å². The summed E-state index contributed by atoms with van der Waals surface area (Å²) < 4.78 is 32.2. The van der Waals surface area contributed by atoms with Crippen LogP contribution < -0.4 is 4.65 Å². The Labute approximate surface area is 185 Å².